The second kappa shape index (κ2) is 8.21. The molecular formula is C16H21N5O3. The third kappa shape index (κ3) is 5.17. The van der Waals surface area contributed by atoms with Gasteiger partial charge in [-0.15, -0.1) is 0 Å². The summed E-state index contributed by atoms with van der Waals surface area (Å²) < 4.78 is 6.92. The Bertz CT molecular complexity index is 745. The van der Waals surface area contributed by atoms with Crippen molar-refractivity contribution in [2.45, 2.75) is 32.6 Å². The van der Waals surface area contributed by atoms with Crippen molar-refractivity contribution < 1.29 is 9.53 Å². The maximum atomic E-state index is 11.9. The second-order valence-corrected chi connectivity index (χ2v) is 5.43. The maximum Gasteiger partial charge on any atom is 0.298 e. The summed E-state index contributed by atoms with van der Waals surface area (Å²) in [7, 11) is 1.58. The van der Waals surface area contributed by atoms with E-state index >= 15 is 0 Å². The zero-order chi connectivity index (χ0) is 17.5. The van der Waals surface area contributed by atoms with Gasteiger partial charge in [-0.05, 0) is 12.5 Å². The molecule has 0 spiro atoms. The molecule has 1 heterocycles. The van der Waals surface area contributed by atoms with E-state index in [1.807, 2.05) is 37.3 Å². The average molecular weight is 331 g/mol. The predicted octanol–water partition coefficient (Wildman–Crippen LogP) is 0.369. The number of amides is 1. The first-order valence-electron chi connectivity index (χ1n) is 7.57. The maximum absolute atomic E-state index is 11.9. The van der Waals surface area contributed by atoms with Gasteiger partial charge in [0.1, 0.15) is 5.69 Å². The minimum absolute atomic E-state index is 0.00416. The van der Waals surface area contributed by atoms with Crippen LogP contribution in [0.5, 0.6) is 0 Å². The van der Waals surface area contributed by atoms with Crippen molar-refractivity contribution in [3.63, 3.8) is 0 Å². The summed E-state index contributed by atoms with van der Waals surface area (Å²) in [6.45, 7) is 2.27. The number of carbonyl (C=O) groups is 1. The van der Waals surface area contributed by atoms with Gasteiger partial charge in [0.25, 0.3) is 5.56 Å². The summed E-state index contributed by atoms with van der Waals surface area (Å²) in [6, 6.07) is 9.73. The van der Waals surface area contributed by atoms with Crippen LogP contribution in [0, 0.1) is 0 Å². The lowest BCUT2D eigenvalue weighted by molar-refractivity contribution is -0.124. The highest BCUT2D eigenvalue weighted by Crippen LogP contribution is 2.05. The topological polar surface area (TPSA) is 112 Å². The molecule has 0 saturated carbocycles. The van der Waals surface area contributed by atoms with E-state index in [4.69, 9.17) is 10.5 Å². The Morgan fingerprint density at radius 2 is 2.08 bits per heavy atom. The fraction of sp³-hybridized carbons (Fsp3) is 0.375. The van der Waals surface area contributed by atoms with Crippen molar-refractivity contribution in [3.8, 4) is 0 Å². The van der Waals surface area contributed by atoms with Gasteiger partial charge in [0.15, 0.2) is 0 Å². The van der Waals surface area contributed by atoms with E-state index in [0.717, 1.165) is 5.56 Å². The largest absolute Gasteiger partial charge is 0.373 e. The Kier molecular flexibility index (Phi) is 6.02. The number of nitrogens with zero attached hydrogens (tertiary/aromatic N) is 3. The van der Waals surface area contributed by atoms with Crippen LogP contribution in [-0.2, 0) is 29.7 Å². The number of ether oxygens (including phenoxy) is 1. The summed E-state index contributed by atoms with van der Waals surface area (Å²) in [4.78, 5) is 27.2. The average Bonchev–Trinajstić information content (AvgIpc) is 2.56. The first-order valence-corrected chi connectivity index (χ1v) is 7.57. The Morgan fingerprint density at radius 1 is 1.38 bits per heavy atom. The Labute approximate surface area is 139 Å². The standard InChI is InChI=1S/C16H21N5O3/c1-11(24-10-12-6-4-3-5-7-12)8-14(22)18-9-13-15(23)19-16(17)21(2)20-13/h3-7,11H,8-10H2,1-2H3,(H,18,22)(H2,17,19,23)/t11-/m1/s1. The molecule has 0 aliphatic carbocycles. The van der Waals surface area contributed by atoms with Crippen molar-refractivity contribution >= 4 is 11.9 Å². The molecule has 1 aromatic carbocycles. The third-order valence-electron chi connectivity index (χ3n) is 3.37. The lowest BCUT2D eigenvalue weighted by Gasteiger charge is -2.13. The lowest BCUT2D eigenvalue weighted by atomic mass is 10.2. The van der Waals surface area contributed by atoms with Gasteiger partial charge in [0.05, 0.1) is 25.7 Å². The Hall–Kier alpha value is -2.74. The summed E-state index contributed by atoms with van der Waals surface area (Å²) >= 11 is 0. The molecule has 0 aliphatic rings. The molecule has 0 bridgehead atoms. The molecule has 0 unspecified atom stereocenters. The van der Waals surface area contributed by atoms with Crippen LogP contribution < -0.4 is 16.6 Å². The molecule has 3 N–H and O–H groups in total. The van der Waals surface area contributed by atoms with Gasteiger partial charge in [-0.2, -0.15) is 10.1 Å². The smallest absolute Gasteiger partial charge is 0.298 e. The monoisotopic (exact) mass is 331 g/mol. The van der Waals surface area contributed by atoms with Gasteiger partial charge in [-0.3, -0.25) is 9.59 Å². The second-order valence-electron chi connectivity index (χ2n) is 5.43. The van der Waals surface area contributed by atoms with Crippen LogP contribution >= 0.6 is 0 Å². The van der Waals surface area contributed by atoms with Crippen LogP contribution in [0.4, 0.5) is 5.95 Å². The summed E-state index contributed by atoms with van der Waals surface area (Å²) in [5.74, 6) is -0.200. The molecule has 2 rings (SSSR count). The number of nitrogens with two attached hydrogens (primary N) is 1. The van der Waals surface area contributed by atoms with Crippen LogP contribution in [0.25, 0.3) is 0 Å². The molecule has 1 atom stereocenters. The molecule has 0 saturated heterocycles. The van der Waals surface area contributed by atoms with Gasteiger partial charge >= 0.3 is 0 Å². The minimum atomic E-state index is -0.542. The molecular weight excluding hydrogens is 310 g/mol. The number of nitrogens with one attached hydrogen (secondary N) is 1. The Morgan fingerprint density at radius 3 is 2.79 bits per heavy atom. The van der Waals surface area contributed by atoms with Crippen molar-refractivity contribution in [1.82, 2.24) is 20.1 Å². The number of aromatic nitrogens is 3. The van der Waals surface area contributed by atoms with Gasteiger partial charge in [0.2, 0.25) is 11.9 Å². The van der Waals surface area contributed by atoms with Crippen molar-refractivity contribution in [1.29, 1.82) is 0 Å². The van der Waals surface area contributed by atoms with E-state index in [0.29, 0.717) is 6.61 Å². The normalized spacial score (nSPS) is 11.9. The fourth-order valence-electron chi connectivity index (χ4n) is 2.01. The van der Waals surface area contributed by atoms with E-state index in [1.54, 1.807) is 7.05 Å². The lowest BCUT2D eigenvalue weighted by Crippen LogP contribution is -2.32. The zero-order valence-corrected chi connectivity index (χ0v) is 13.7. The minimum Gasteiger partial charge on any atom is -0.373 e. The third-order valence-corrected chi connectivity index (χ3v) is 3.37. The van der Waals surface area contributed by atoms with Crippen molar-refractivity contribution in [2.75, 3.05) is 5.73 Å². The molecule has 128 valence electrons. The molecule has 2 aromatic rings. The molecule has 0 fully saturated rings. The van der Waals surface area contributed by atoms with E-state index in [-0.39, 0.29) is 36.6 Å². The summed E-state index contributed by atoms with van der Waals surface area (Å²) in [6.07, 6.45) is -0.0548. The summed E-state index contributed by atoms with van der Waals surface area (Å²) in [5, 5.41) is 6.61. The van der Waals surface area contributed by atoms with E-state index in [2.05, 4.69) is 15.4 Å². The predicted molar refractivity (Wildman–Crippen MR) is 88.8 cm³/mol. The fourth-order valence-corrected chi connectivity index (χ4v) is 2.01. The molecule has 1 amide bonds. The Balaban J connectivity index is 1.78. The molecule has 8 nitrogen and oxygen atoms in total. The highest BCUT2D eigenvalue weighted by atomic mass is 16.5. The highest BCUT2D eigenvalue weighted by Gasteiger charge is 2.12. The van der Waals surface area contributed by atoms with Gasteiger partial charge in [-0.1, -0.05) is 30.3 Å². The van der Waals surface area contributed by atoms with Crippen molar-refractivity contribution in [3.05, 3.63) is 51.9 Å². The number of nitrogen functional groups attached to an aromatic ring is 1. The van der Waals surface area contributed by atoms with Crippen LogP contribution in [0.3, 0.4) is 0 Å². The quantitative estimate of drug-likeness (QED) is 0.758. The van der Waals surface area contributed by atoms with Crippen LogP contribution in [0.2, 0.25) is 0 Å². The van der Waals surface area contributed by atoms with Gasteiger partial charge in [-0.25, -0.2) is 4.68 Å². The van der Waals surface area contributed by atoms with Crippen LogP contribution in [0.1, 0.15) is 24.6 Å². The highest BCUT2D eigenvalue weighted by molar-refractivity contribution is 5.76. The molecule has 8 heteroatoms. The van der Waals surface area contributed by atoms with Gasteiger partial charge in [0, 0.05) is 7.05 Å². The number of hydrogen-bond donors (Lipinski definition) is 2. The number of carbonyl (C=O) groups excluding carboxylic acids is 1. The molecule has 1 aromatic heterocycles. The molecule has 0 aliphatic heterocycles. The number of hydrogen-bond acceptors (Lipinski definition) is 6. The van der Waals surface area contributed by atoms with E-state index in [9.17, 15) is 9.59 Å². The number of anilines is 1. The van der Waals surface area contributed by atoms with Crippen LogP contribution in [0.15, 0.2) is 35.1 Å². The van der Waals surface area contributed by atoms with E-state index in [1.165, 1.54) is 4.68 Å². The van der Waals surface area contributed by atoms with Gasteiger partial charge < -0.3 is 15.8 Å². The molecule has 0 radical (unpaired) electrons. The number of rotatable bonds is 7. The first kappa shape index (κ1) is 17.6. The van der Waals surface area contributed by atoms with E-state index < -0.39 is 5.56 Å². The number of aryl methyl sites for hydroxylation is 1. The van der Waals surface area contributed by atoms with Crippen LogP contribution in [-0.4, -0.2) is 26.8 Å². The SMILES string of the molecule is C[C@H](CC(=O)NCc1nn(C)c(N)nc1=O)OCc1ccccc1. The number of benzene rings is 1. The summed E-state index contributed by atoms with van der Waals surface area (Å²) in [5.41, 5.74) is 6.12. The first-order chi connectivity index (χ1) is 11.5. The van der Waals surface area contributed by atoms with Crippen molar-refractivity contribution in [2.24, 2.45) is 7.05 Å². The molecule has 24 heavy (non-hydrogen) atoms. The zero-order valence-electron chi connectivity index (χ0n) is 13.7.